The first-order valence-corrected chi connectivity index (χ1v) is 7.87. The molecule has 0 atom stereocenters. The molecule has 0 aliphatic carbocycles. The van der Waals surface area contributed by atoms with Crippen LogP contribution in [0.3, 0.4) is 0 Å². The lowest BCUT2D eigenvalue weighted by Crippen LogP contribution is -2.11. The summed E-state index contributed by atoms with van der Waals surface area (Å²) in [5.74, 6) is 1.39. The lowest BCUT2D eigenvalue weighted by atomic mass is 10.2. The fourth-order valence-electron chi connectivity index (χ4n) is 2.37. The number of rotatable bonds is 5. The van der Waals surface area contributed by atoms with Crippen molar-refractivity contribution in [3.63, 3.8) is 0 Å². The second-order valence-electron chi connectivity index (χ2n) is 5.54. The van der Waals surface area contributed by atoms with Crippen LogP contribution in [-0.4, -0.2) is 22.9 Å². The van der Waals surface area contributed by atoms with Crippen LogP contribution in [0.5, 0.6) is 0 Å². The average molecular weight is 333 g/mol. The van der Waals surface area contributed by atoms with Gasteiger partial charge in [0.15, 0.2) is 0 Å². The molecule has 0 radical (unpaired) electrons. The summed E-state index contributed by atoms with van der Waals surface area (Å²) in [4.78, 5) is 21.6. The standard InChI is InChI=1S/C19H19N5O/c1-14(25)22-15-8-10-16(11-9-15)23-18-12-19(21-13-20-18)24(2)17-6-4-3-5-7-17/h3-13H,1-2H3,(H,22,25)(H,20,21,23). The van der Waals surface area contributed by atoms with Gasteiger partial charge in [0.05, 0.1) is 0 Å². The Hall–Kier alpha value is -3.41. The van der Waals surface area contributed by atoms with Crippen molar-refractivity contribution in [1.29, 1.82) is 0 Å². The molecule has 0 aliphatic heterocycles. The minimum atomic E-state index is -0.0925. The van der Waals surface area contributed by atoms with Crippen molar-refractivity contribution in [2.75, 3.05) is 22.6 Å². The number of benzene rings is 2. The van der Waals surface area contributed by atoms with E-state index in [0.29, 0.717) is 5.82 Å². The van der Waals surface area contributed by atoms with Crippen LogP contribution < -0.4 is 15.5 Å². The van der Waals surface area contributed by atoms with Crippen LogP contribution in [-0.2, 0) is 4.79 Å². The number of para-hydroxylation sites is 1. The third kappa shape index (κ3) is 4.32. The second kappa shape index (κ2) is 7.44. The number of nitrogens with zero attached hydrogens (tertiary/aromatic N) is 3. The summed E-state index contributed by atoms with van der Waals surface area (Å²) in [6.07, 6.45) is 1.53. The third-order valence-electron chi connectivity index (χ3n) is 3.62. The van der Waals surface area contributed by atoms with Gasteiger partial charge in [-0.3, -0.25) is 4.79 Å². The molecule has 1 amide bonds. The Balaban J connectivity index is 1.74. The zero-order chi connectivity index (χ0) is 17.6. The number of amides is 1. The first-order valence-electron chi connectivity index (χ1n) is 7.87. The molecule has 2 aromatic carbocycles. The highest BCUT2D eigenvalue weighted by atomic mass is 16.1. The van der Waals surface area contributed by atoms with E-state index in [4.69, 9.17) is 0 Å². The van der Waals surface area contributed by atoms with E-state index < -0.39 is 0 Å². The predicted molar refractivity (Wildman–Crippen MR) is 101 cm³/mol. The molecule has 6 nitrogen and oxygen atoms in total. The topological polar surface area (TPSA) is 70.2 Å². The molecule has 0 unspecified atom stereocenters. The van der Waals surface area contributed by atoms with Crippen molar-refractivity contribution in [3.05, 3.63) is 67.0 Å². The highest BCUT2D eigenvalue weighted by molar-refractivity contribution is 5.88. The van der Waals surface area contributed by atoms with E-state index in [1.54, 1.807) is 0 Å². The number of hydrogen-bond acceptors (Lipinski definition) is 5. The zero-order valence-electron chi connectivity index (χ0n) is 14.1. The maximum absolute atomic E-state index is 11.1. The molecule has 0 bridgehead atoms. The molecule has 1 heterocycles. The normalized spacial score (nSPS) is 10.2. The summed E-state index contributed by atoms with van der Waals surface area (Å²) < 4.78 is 0. The first-order chi connectivity index (χ1) is 12.1. The summed E-state index contributed by atoms with van der Waals surface area (Å²) in [6, 6.07) is 19.3. The van der Waals surface area contributed by atoms with Gasteiger partial charge in [-0.05, 0) is 36.4 Å². The summed E-state index contributed by atoms with van der Waals surface area (Å²) in [7, 11) is 1.96. The Bertz CT molecular complexity index is 849. The van der Waals surface area contributed by atoms with Crippen molar-refractivity contribution in [2.45, 2.75) is 6.92 Å². The SMILES string of the molecule is CC(=O)Nc1ccc(Nc2cc(N(C)c3ccccc3)ncn2)cc1. The smallest absolute Gasteiger partial charge is 0.221 e. The van der Waals surface area contributed by atoms with Crippen molar-refractivity contribution in [3.8, 4) is 0 Å². The zero-order valence-corrected chi connectivity index (χ0v) is 14.1. The monoisotopic (exact) mass is 333 g/mol. The molecule has 0 saturated carbocycles. The van der Waals surface area contributed by atoms with Crippen LogP contribution in [0.2, 0.25) is 0 Å². The van der Waals surface area contributed by atoms with E-state index in [-0.39, 0.29) is 5.91 Å². The van der Waals surface area contributed by atoms with Crippen LogP contribution in [0.1, 0.15) is 6.92 Å². The van der Waals surface area contributed by atoms with Crippen molar-refractivity contribution in [1.82, 2.24) is 9.97 Å². The Morgan fingerprint density at radius 2 is 1.64 bits per heavy atom. The summed E-state index contributed by atoms with van der Waals surface area (Å²) in [5.41, 5.74) is 2.68. The van der Waals surface area contributed by atoms with Gasteiger partial charge in [0.1, 0.15) is 18.0 Å². The summed E-state index contributed by atoms with van der Waals surface area (Å²) in [6.45, 7) is 1.48. The van der Waals surface area contributed by atoms with Gasteiger partial charge in [-0.15, -0.1) is 0 Å². The quantitative estimate of drug-likeness (QED) is 0.740. The average Bonchev–Trinajstić information content (AvgIpc) is 2.63. The van der Waals surface area contributed by atoms with Crippen molar-refractivity contribution in [2.24, 2.45) is 0 Å². The molecule has 25 heavy (non-hydrogen) atoms. The highest BCUT2D eigenvalue weighted by Gasteiger charge is 2.07. The van der Waals surface area contributed by atoms with Crippen molar-refractivity contribution < 1.29 is 4.79 Å². The Morgan fingerprint density at radius 3 is 2.32 bits per heavy atom. The molecule has 0 saturated heterocycles. The van der Waals surface area contributed by atoms with Gasteiger partial charge in [-0.1, -0.05) is 18.2 Å². The van der Waals surface area contributed by atoms with Crippen LogP contribution in [0, 0.1) is 0 Å². The van der Waals surface area contributed by atoms with Gasteiger partial charge in [-0.2, -0.15) is 0 Å². The first kappa shape index (κ1) is 16.4. The number of carbonyl (C=O) groups is 1. The largest absolute Gasteiger partial charge is 0.340 e. The van der Waals surface area contributed by atoms with E-state index in [0.717, 1.165) is 22.9 Å². The molecule has 126 valence electrons. The van der Waals surface area contributed by atoms with Crippen LogP contribution in [0.4, 0.5) is 28.7 Å². The maximum Gasteiger partial charge on any atom is 0.221 e. The van der Waals surface area contributed by atoms with Gasteiger partial charge in [-0.25, -0.2) is 9.97 Å². The van der Waals surface area contributed by atoms with E-state index in [9.17, 15) is 4.79 Å². The summed E-state index contributed by atoms with van der Waals surface area (Å²) >= 11 is 0. The number of anilines is 5. The lowest BCUT2D eigenvalue weighted by Gasteiger charge is -2.18. The molecule has 0 aliphatic rings. The molecule has 1 aromatic heterocycles. The van der Waals surface area contributed by atoms with Crippen LogP contribution >= 0.6 is 0 Å². The molecule has 0 fully saturated rings. The molecule has 0 spiro atoms. The minimum Gasteiger partial charge on any atom is -0.340 e. The molecule has 6 heteroatoms. The van der Waals surface area contributed by atoms with Crippen LogP contribution in [0.25, 0.3) is 0 Å². The molecular weight excluding hydrogens is 314 g/mol. The lowest BCUT2D eigenvalue weighted by molar-refractivity contribution is -0.114. The predicted octanol–water partition coefficient (Wildman–Crippen LogP) is 3.95. The van der Waals surface area contributed by atoms with Gasteiger partial charge >= 0.3 is 0 Å². The van der Waals surface area contributed by atoms with Crippen LogP contribution in [0.15, 0.2) is 67.0 Å². The number of aromatic nitrogens is 2. The van der Waals surface area contributed by atoms with Gasteiger partial charge < -0.3 is 15.5 Å². The molecular formula is C19H19N5O. The highest BCUT2D eigenvalue weighted by Crippen LogP contribution is 2.24. The van der Waals surface area contributed by atoms with Gasteiger partial charge in [0.25, 0.3) is 0 Å². The fraction of sp³-hybridized carbons (Fsp3) is 0.105. The minimum absolute atomic E-state index is 0.0925. The molecule has 3 rings (SSSR count). The Labute approximate surface area is 146 Å². The summed E-state index contributed by atoms with van der Waals surface area (Å²) in [5, 5.41) is 5.98. The third-order valence-corrected chi connectivity index (χ3v) is 3.62. The number of hydrogen-bond donors (Lipinski definition) is 2. The van der Waals surface area contributed by atoms with E-state index in [2.05, 4.69) is 20.6 Å². The molecule has 3 aromatic rings. The van der Waals surface area contributed by atoms with Gasteiger partial charge in [0.2, 0.25) is 5.91 Å². The number of carbonyl (C=O) groups excluding carboxylic acids is 1. The fourth-order valence-corrected chi connectivity index (χ4v) is 2.37. The van der Waals surface area contributed by atoms with Crippen molar-refractivity contribution >= 4 is 34.6 Å². The second-order valence-corrected chi connectivity index (χ2v) is 5.54. The molecule has 2 N–H and O–H groups in total. The Kier molecular flexibility index (Phi) is 4.89. The van der Waals surface area contributed by atoms with E-state index in [1.807, 2.05) is 72.6 Å². The maximum atomic E-state index is 11.1. The van der Waals surface area contributed by atoms with E-state index >= 15 is 0 Å². The van der Waals surface area contributed by atoms with E-state index in [1.165, 1.54) is 13.3 Å². The Morgan fingerprint density at radius 1 is 0.960 bits per heavy atom. The number of nitrogens with one attached hydrogen (secondary N) is 2. The van der Waals surface area contributed by atoms with Gasteiger partial charge in [0, 0.05) is 37.1 Å².